The van der Waals surface area contributed by atoms with E-state index >= 15 is 0 Å². The zero-order valence-corrected chi connectivity index (χ0v) is 11.2. The predicted octanol–water partition coefficient (Wildman–Crippen LogP) is 0.800. The van der Waals surface area contributed by atoms with E-state index < -0.39 is 10.0 Å². The summed E-state index contributed by atoms with van der Waals surface area (Å²) in [6.07, 6.45) is 2.93. The second kappa shape index (κ2) is 7.13. The van der Waals surface area contributed by atoms with Crippen molar-refractivity contribution < 1.29 is 13.2 Å². The van der Waals surface area contributed by atoms with Crippen LogP contribution in [0.3, 0.4) is 0 Å². The second-order valence-electron chi connectivity index (χ2n) is 3.96. The minimum absolute atomic E-state index is 0.127. The van der Waals surface area contributed by atoms with Crippen LogP contribution in [0.1, 0.15) is 18.4 Å². The fourth-order valence-electron chi connectivity index (χ4n) is 1.61. The molecular weight excluding hydrogens is 252 g/mol. The number of carbonyl (C=O) groups excluding carboxylic acids is 1. The second-order valence-corrected chi connectivity index (χ2v) is 5.64. The van der Waals surface area contributed by atoms with Crippen molar-refractivity contribution in [3.05, 3.63) is 29.8 Å². The Kier molecular flexibility index (Phi) is 5.80. The average Bonchev–Trinajstić information content (AvgIpc) is 2.87. The van der Waals surface area contributed by atoms with Gasteiger partial charge in [-0.15, -0.1) is 0 Å². The lowest BCUT2D eigenvalue weighted by atomic mass is 10.2. The van der Waals surface area contributed by atoms with E-state index in [1.807, 2.05) is 0 Å². The molecule has 1 aromatic carbocycles. The average molecular weight is 270 g/mol. The fraction of sp³-hybridized carbons (Fsp3) is 0.417. The first kappa shape index (κ1) is 14.7. The molecule has 2 N–H and O–H groups in total. The molecule has 1 aliphatic rings. The fourth-order valence-corrected chi connectivity index (χ4v) is 2.61. The topological polar surface area (TPSA) is 75.3 Å². The van der Waals surface area contributed by atoms with Gasteiger partial charge in [0.25, 0.3) is 10.0 Å². The van der Waals surface area contributed by atoms with Crippen LogP contribution in [-0.2, 0) is 14.8 Å². The number of carbonyl (C=O) groups is 1. The van der Waals surface area contributed by atoms with Gasteiger partial charge in [-0.25, -0.2) is 8.42 Å². The first-order chi connectivity index (χ1) is 8.58. The van der Waals surface area contributed by atoms with Crippen LogP contribution in [0, 0.1) is 6.92 Å². The molecule has 0 radical (unpaired) electrons. The Bertz CT molecular complexity index is 474. The van der Waals surface area contributed by atoms with Crippen molar-refractivity contribution in [1.29, 1.82) is 0 Å². The molecule has 1 fully saturated rings. The maximum atomic E-state index is 11.3. The number of hydrogen-bond donors (Lipinski definition) is 2. The van der Waals surface area contributed by atoms with Crippen molar-refractivity contribution in [2.45, 2.75) is 24.7 Å². The Hall–Kier alpha value is -1.40. The first-order valence-electron chi connectivity index (χ1n) is 5.80. The van der Waals surface area contributed by atoms with Crippen molar-refractivity contribution in [2.24, 2.45) is 0 Å². The highest BCUT2D eigenvalue weighted by Crippen LogP contribution is 2.12. The number of hydrogen-bond acceptors (Lipinski definition) is 4. The minimum atomic E-state index is -3.66. The molecule has 18 heavy (non-hydrogen) atoms. The van der Waals surface area contributed by atoms with Crippen LogP contribution in [0.5, 0.6) is 0 Å². The molecule has 1 aliphatic heterocycles. The van der Waals surface area contributed by atoms with E-state index in [1.165, 1.54) is 32.0 Å². The normalized spacial score (nSPS) is 14.5. The first-order valence-corrected chi connectivity index (χ1v) is 7.28. The zero-order chi connectivity index (χ0) is 13.4. The maximum absolute atomic E-state index is 11.3. The monoisotopic (exact) mass is 270 g/mol. The Labute approximate surface area is 108 Å². The molecule has 0 unspecified atom stereocenters. The number of rotatable bonds is 3. The quantitative estimate of drug-likeness (QED) is 0.797. The zero-order valence-electron chi connectivity index (χ0n) is 10.3. The van der Waals surface area contributed by atoms with E-state index in [2.05, 4.69) is 5.32 Å². The van der Waals surface area contributed by atoms with E-state index in [1.54, 1.807) is 29.8 Å². The van der Waals surface area contributed by atoms with Crippen LogP contribution in [0.2, 0.25) is 0 Å². The van der Waals surface area contributed by atoms with Gasteiger partial charge >= 0.3 is 0 Å². The van der Waals surface area contributed by atoms with Gasteiger partial charge in [-0.1, -0.05) is 18.2 Å². The van der Waals surface area contributed by atoms with Crippen LogP contribution in [-0.4, -0.2) is 27.9 Å². The molecule has 6 heteroatoms. The summed E-state index contributed by atoms with van der Waals surface area (Å²) in [5.74, 6) is 0. The molecule has 1 saturated heterocycles. The molecule has 0 spiro atoms. The van der Waals surface area contributed by atoms with Gasteiger partial charge in [-0.2, -0.15) is 0 Å². The molecular formula is C12H18N2O3S. The van der Waals surface area contributed by atoms with Gasteiger partial charge in [0.1, 0.15) is 0 Å². The summed E-state index contributed by atoms with van der Waals surface area (Å²) in [5.41, 5.74) is 0.608. The number of nitrogens with one attached hydrogen (secondary N) is 2. The highest BCUT2D eigenvalue weighted by Gasteiger charge is 2.14. The van der Waals surface area contributed by atoms with Gasteiger partial charge in [0, 0.05) is 0 Å². The molecule has 100 valence electrons. The summed E-state index contributed by atoms with van der Waals surface area (Å²) in [6.45, 7) is 4.17. The summed E-state index contributed by atoms with van der Waals surface area (Å²) in [6, 6.07) is 6.45. The van der Waals surface area contributed by atoms with Crippen molar-refractivity contribution >= 4 is 16.4 Å². The van der Waals surface area contributed by atoms with Crippen LogP contribution in [0.4, 0.5) is 0 Å². The maximum Gasteiger partial charge on any atom is 0.264 e. The van der Waals surface area contributed by atoms with Crippen molar-refractivity contribution in [2.75, 3.05) is 13.1 Å². The van der Waals surface area contributed by atoms with Crippen LogP contribution >= 0.6 is 0 Å². The van der Waals surface area contributed by atoms with Crippen molar-refractivity contribution in [1.82, 2.24) is 10.0 Å². The standard InChI is InChI=1S/C8H9NO3S.C4H9N/c1-7-4-2-3-5-8(7)13(11,12)9-6-10;1-2-4-5-3-1/h2-6H,1H3,(H,9,10);5H,1-4H2. The molecule has 0 aliphatic carbocycles. The smallest absolute Gasteiger partial charge is 0.264 e. The van der Waals surface area contributed by atoms with E-state index in [4.69, 9.17) is 0 Å². The minimum Gasteiger partial charge on any atom is -0.317 e. The van der Waals surface area contributed by atoms with E-state index in [9.17, 15) is 13.2 Å². The molecule has 1 heterocycles. The Morgan fingerprint density at radius 1 is 1.22 bits per heavy atom. The van der Waals surface area contributed by atoms with Crippen LogP contribution in [0.15, 0.2) is 29.2 Å². The number of benzene rings is 1. The third-order valence-electron chi connectivity index (χ3n) is 2.54. The number of aryl methyl sites for hydroxylation is 1. The van der Waals surface area contributed by atoms with Gasteiger partial charge < -0.3 is 5.32 Å². The molecule has 1 amide bonds. The molecule has 2 rings (SSSR count). The van der Waals surface area contributed by atoms with E-state index in [0.717, 1.165) is 0 Å². The molecule has 5 nitrogen and oxygen atoms in total. The van der Waals surface area contributed by atoms with Gasteiger partial charge in [0.2, 0.25) is 6.41 Å². The Balaban J connectivity index is 0.000000269. The lowest BCUT2D eigenvalue weighted by Crippen LogP contribution is -2.22. The molecule has 0 bridgehead atoms. The highest BCUT2D eigenvalue weighted by atomic mass is 32.2. The number of sulfonamides is 1. The Morgan fingerprint density at radius 2 is 1.83 bits per heavy atom. The lowest BCUT2D eigenvalue weighted by Gasteiger charge is -2.04. The third kappa shape index (κ3) is 4.46. The van der Waals surface area contributed by atoms with E-state index in [0.29, 0.717) is 5.56 Å². The van der Waals surface area contributed by atoms with Gasteiger partial charge in [0.15, 0.2) is 0 Å². The van der Waals surface area contributed by atoms with E-state index in [-0.39, 0.29) is 11.3 Å². The summed E-state index contributed by atoms with van der Waals surface area (Å²) in [4.78, 5) is 10.1. The largest absolute Gasteiger partial charge is 0.317 e. The molecule has 0 saturated carbocycles. The van der Waals surface area contributed by atoms with Gasteiger partial charge in [-0.05, 0) is 44.5 Å². The Morgan fingerprint density at radius 3 is 2.28 bits per heavy atom. The summed E-state index contributed by atoms with van der Waals surface area (Å²) in [5, 5.41) is 3.22. The van der Waals surface area contributed by atoms with Crippen molar-refractivity contribution in [3.63, 3.8) is 0 Å². The lowest BCUT2D eigenvalue weighted by molar-refractivity contribution is -0.108. The van der Waals surface area contributed by atoms with Crippen LogP contribution in [0.25, 0.3) is 0 Å². The third-order valence-corrected chi connectivity index (χ3v) is 3.99. The molecule has 0 aromatic heterocycles. The van der Waals surface area contributed by atoms with Crippen molar-refractivity contribution in [3.8, 4) is 0 Å². The molecule has 0 atom stereocenters. The predicted molar refractivity (Wildman–Crippen MR) is 69.7 cm³/mol. The number of amides is 1. The van der Waals surface area contributed by atoms with Gasteiger partial charge in [-0.3, -0.25) is 9.52 Å². The molecule has 1 aromatic rings. The van der Waals surface area contributed by atoms with Crippen LogP contribution < -0.4 is 10.0 Å². The highest BCUT2D eigenvalue weighted by molar-refractivity contribution is 7.90. The van der Waals surface area contributed by atoms with Gasteiger partial charge in [0.05, 0.1) is 4.90 Å². The summed E-state index contributed by atoms with van der Waals surface area (Å²) < 4.78 is 24.4. The summed E-state index contributed by atoms with van der Waals surface area (Å²) >= 11 is 0. The summed E-state index contributed by atoms with van der Waals surface area (Å²) in [7, 11) is -3.66. The SMILES string of the molecule is C1CCNC1.Cc1ccccc1S(=O)(=O)NC=O.